The van der Waals surface area contributed by atoms with E-state index in [1.807, 2.05) is 5.38 Å². The van der Waals surface area contributed by atoms with Crippen LogP contribution in [-0.2, 0) is 16.3 Å². The summed E-state index contributed by atoms with van der Waals surface area (Å²) in [5.41, 5.74) is 1.62. The van der Waals surface area contributed by atoms with Gasteiger partial charge in [-0.2, -0.15) is 0 Å². The van der Waals surface area contributed by atoms with Crippen molar-refractivity contribution in [2.24, 2.45) is 0 Å². The minimum absolute atomic E-state index is 0.0937. The lowest BCUT2D eigenvalue weighted by Crippen LogP contribution is -2.39. The molecular weight excluding hydrogens is 450 g/mol. The lowest BCUT2D eigenvalue weighted by atomic mass is 10.1. The highest BCUT2D eigenvalue weighted by Crippen LogP contribution is 2.30. The molecule has 0 aliphatic carbocycles. The van der Waals surface area contributed by atoms with Crippen LogP contribution >= 0.6 is 22.9 Å². The van der Waals surface area contributed by atoms with Gasteiger partial charge in [-0.1, -0.05) is 17.7 Å². The number of piperidine rings is 1. The lowest BCUT2D eigenvalue weighted by Gasteiger charge is -2.31. The Bertz CT molecular complexity index is 1140. The molecule has 1 aliphatic rings. The zero-order chi connectivity index (χ0) is 21.3. The molecule has 0 radical (unpaired) electrons. The van der Waals surface area contributed by atoms with Crippen molar-refractivity contribution in [3.8, 4) is 0 Å². The van der Waals surface area contributed by atoms with Gasteiger partial charge in [-0.3, -0.25) is 0 Å². The molecule has 2 aromatic carbocycles. The van der Waals surface area contributed by atoms with E-state index >= 15 is 0 Å². The van der Waals surface area contributed by atoms with E-state index in [2.05, 4.69) is 9.88 Å². The molecule has 0 N–H and O–H groups in total. The monoisotopic (exact) mass is 468 g/mol. The number of halogens is 3. The molecule has 2 heterocycles. The maximum Gasteiger partial charge on any atom is 0.185 e. The Morgan fingerprint density at radius 1 is 1.10 bits per heavy atom. The maximum atomic E-state index is 13.6. The predicted octanol–water partition coefficient (Wildman–Crippen LogP) is 5.11. The molecule has 0 bridgehead atoms. The first-order valence-electron chi connectivity index (χ1n) is 9.45. The number of sulfone groups is 1. The fraction of sp³-hybridized carbons (Fsp3) is 0.286. The number of hydrogen-bond acceptors (Lipinski definition) is 5. The van der Waals surface area contributed by atoms with Gasteiger partial charge in [0.25, 0.3) is 0 Å². The summed E-state index contributed by atoms with van der Waals surface area (Å²) in [7, 11) is -3.48. The number of aromatic nitrogens is 1. The van der Waals surface area contributed by atoms with E-state index in [1.54, 1.807) is 6.07 Å². The molecule has 3 aromatic rings. The number of rotatable bonds is 5. The number of nitrogens with zero attached hydrogens (tertiary/aromatic N) is 2. The molecule has 1 fully saturated rings. The van der Waals surface area contributed by atoms with E-state index < -0.39 is 26.7 Å². The second kappa shape index (κ2) is 8.61. The van der Waals surface area contributed by atoms with Gasteiger partial charge in [0.15, 0.2) is 15.0 Å². The molecule has 0 unspecified atom stereocenters. The minimum atomic E-state index is -3.48. The van der Waals surface area contributed by atoms with E-state index in [0.717, 1.165) is 16.4 Å². The summed E-state index contributed by atoms with van der Waals surface area (Å²) in [6.07, 6.45) is 1.47. The molecule has 4 rings (SSSR count). The molecule has 4 nitrogen and oxygen atoms in total. The summed E-state index contributed by atoms with van der Waals surface area (Å²) >= 11 is 7.22. The Morgan fingerprint density at radius 3 is 2.47 bits per heavy atom. The molecule has 0 spiro atoms. The fourth-order valence-electron chi connectivity index (χ4n) is 3.56. The van der Waals surface area contributed by atoms with Gasteiger partial charge in [0, 0.05) is 24.9 Å². The molecule has 1 saturated heterocycles. The van der Waals surface area contributed by atoms with Gasteiger partial charge in [-0.05, 0) is 54.8 Å². The van der Waals surface area contributed by atoms with Crippen LogP contribution in [0.3, 0.4) is 0 Å². The smallest absolute Gasteiger partial charge is 0.185 e. The minimum Gasteiger partial charge on any atom is -0.348 e. The van der Waals surface area contributed by atoms with Gasteiger partial charge < -0.3 is 4.90 Å². The highest BCUT2D eigenvalue weighted by Gasteiger charge is 2.32. The highest BCUT2D eigenvalue weighted by atomic mass is 35.5. The first kappa shape index (κ1) is 21.2. The van der Waals surface area contributed by atoms with Gasteiger partial charge in [0.05, 0.1) is 20.9 Å². The second-order valence-electron chi connectivity index (χ2n) is 7.23. The topological polar surface area (TPSA) is 50.3 Å². The van der Waals surface area contributed by atoms with Gasteiger partial charge in [0.1, 0.15) is 11.6 Å². The van der Waals surface area contributed by atoms with Crippen LogP contribution < -0.4 is 4.90 Å². The van der Waals surface area contributed by atoms with Crippen LogP contribution in [0.25, 0.3) is 0 Å². The number of hydrogen-bond donors (Lipinski definition) is 0. The Balaban J connectivity index is 1.40. The molecule has 0 saturated carbocycles. The Kier molecular flexibility index (Phi) is 6.09. The predicted molar refractivity (Wildman–Crippen MR) is 115 cm³/mol. The number of benzene rings is 2. The third-order valence-corrected chi connectivity index (χ3v) is 8.74. The van der Waals surface area contributed by atoms with E-state index in [-0.39, 0.29) is 9.92 Å². The van der Waals surface area contributed by atoms with Crippen molar-refractivity contribution >= 4 is 37.9 Å². The zero-order valence-corrected chi connectivity index (χ0v) is 18.3. The van der Waals surface area contributed by atoms with Crippen LogP contribution in [0.4, 0.5) is 13.9 Å². The normalized spacial score (nSPS) is 15.5. The summed E-state index contributed by atoms with van der Waals surface area (Å²) in [6.45, 7) is 1.15. The van der Waals surface area contributed by atoms with Crippen molar-refractivity contribution in [1.82, 2.24) is 4.98 Å². The van der Waals surface area contributed by atoms with Gasteiger partial charge >= 0.3 is 0 Å². The van der Waals surface area contributed by atoms with E-state index in [0.29, 0.717) is 32.4 Å². The van der Waals surface area contributed by atoms with Crippen molar-refractivity contribution < 1.29 is 17.2 Å². The van der Waals surface area contributed by atoms with Gasteiger partial charge in [-0.25, -0.2) is 22.2 Å². The van der Waals surface area contributed by atoms with Crippen molar-refractivity contribution in [2.75, 3.05) is 18.0 Å². The van der Waals surface area contributed by atoms with Crippen molar-refractivity contribution in [1.29, 1.82) is 0 Å². The molecule has 0 atom stereocenters. The van der Waals surface area contributed by atoms with Gasteiger partial charge in [0.2, 0.25) is 0 Å². The molecular formula is C21H19ClF2N2O2S2. The van der Waals surface area contributed by atoms with Gasteiger partial charge in [-0.15, -0.1) is 11.3 Å². The second-order valence-corrected chi connectivity index (χ2v) is 10.7. The average Bonchev–Trinajstić information content (AvgIpc) is 3.20. The molecule has 1 aromatic heterocycles. The average molecular weight is 469 g/mol. The Morgan fingerprint density at radius 2 is 1.80 bits per heavy atom. The van der Waals surface area contributed by atoms with E-state index in [9.17, 15) is 17.2 Å². The third-order valence-electron chi connectivity index (χ3n) is 5.20. The van der Waals surface area contributed by atoms with Crippen LogP contribution in [0.1, 0.15) is 24.1 Å². The molecule has 9 heteroatoms. The number of thiazole rings is 1. The quantitative estimate of drug-likeness (QED) is 0.488. The van der Waals surface area contributed by atoms with Crippen LogP contribution in [0, 0.1) is 11.6 Å². The van der Waals surface area contributed by atoms with Crippen molar-refractivity contribution in [2.45, 2.75) is 29.4 Å². The summed E-state index contributed by atoms with van der Waals surface area (Å²) in [6, 6.07) is 9.71. The summed E-state index contributed by atoms with van der Waals surface area (Å²) in [5, 5.41) is 2.37. The standard InChI is InChI=1S/C21H19ClF2N2O2S2/c22-19-6-1-14(12-20(19)24)11-16-13-29-21(25-16)26-9-7-18(8-10-26)30(27,28)17-4-2-15(23)3-5-17/h1-6,12-13,18H,7-11H2. The van der Waals surface area contributed by atoms with Crippen molar-refractivity contribution in [3.63, 3.8) is 0 Å². The third kappa shape index (κ3) is 4.50. The summed E-state index contributed by atoms with van der Waals surface area (Å²) < 4.78 is 52.3. The van der Waals surface area contributed by atoms with Crippen LogP contribution in [0.5, 0.6) is 0 Å². The van der Waals surface area contributed by atoms with Crippen molar-refractivity contribution in [3.05, 3.63) is 75.8 Å². The maximum absolute atomic E-state index is 13.6. The molecule has 1 aliphatic heterocycles. The van der Waals surface area contributed by atoms with E-state index in [1.165, 1.54) is 47.7 Å². The van der Waals surface area contributed by atoms with Crippen LogP contribution in [-0.4, -0.2) is 31.7 Å². The summed E-state index contributed by atoms with van der Waals surface area (Å²) in [4.78, 5) is 6.87. The molecule has 0 amide bonds. The first-order chi connectivity index (χ1) is 14.3. The lowest BCUT2D eigenvalue weighted by molar-refractivity contribution is 0.529. The first-order valence-corrected chi connectivity index (χ1v) is 12.3. The largest absolute Gasteiger partial charge is 0.348 e. The highest BCUT2D eigenvalue weighted by molar-refractivity contribution is 7.92. The summed E-state index contributed by atoms with van der Waals surface area (Å²) in [5.74, 6) is -0.904. The molecule has 158 valence electrons. The fourth-order valence-corrected chi connectivity index (χ4v) is 6.28. The zero-order valence-electron chi connectivity index (χ0n) is 15.9. The van der Waals surface area contributed by atoms with Crippen LogP contribution in [0.2, 0.25) is 5.02 Å². The Labute approximate surface area is 183 Å². The SMILES string of the molecule is O=S(=O)(c1ccc(F)cc1)C1CCN(c2nc(Cc3ccc(Cl)c(F)c3)cs2)CC1. The number of anilines is 1. The Hall–Kier alpha value is -2.03. The molecule has 30 heavy (non-hydrogen) atoms. The van der Waals surface area contributed by atoms with E-state index in [4.69, 9.17) is 11.6 Å². The van der Waals surface area contributed by atoms with Crippen LogP contribution in [0.15, 0.2) is 52.7 Å².